The van der Waals surface area contributed by atoms with Crippen LogP contribution in [-0.4, -0.2) is 33.6 Å². The molecule has 7 heteroatoms. The Morgan fingerprint density at radius 2 is 2.14 bits per heavy atom. The number of carboxylic acid groups (broad SMARTS) is 1. The van der Waals surface area contributed by atoms with Crippen LogP contribution >= 0.6 is 11.8 Å². The lowest BCUT2D eigenvalue weighted by molar-refractivity contribution is -0.142. The molecule has 0 unspecified atom stereocenters. The van der Waals surface area contributed by atoms with E-state index >= 15 is 0 Å². The average Bonchev–Trinajstić information content (AvgIpc) is 2.88. The summed E-state index contributed by atoms with van der Waals surface area (Å²) >= 11 is 1.08. The quantitative estimate of drug-likeness (QED) is 0.642. The first-order valence-electron chi connectivity index (χ1n) is 6.61. The number of benzene rings is 1. The van der Waals surface area contributed by atoms with Gasteiger partial charge in [0.2, 0.25) is 5.91 Å². The lowest BCUT2D eigenvalue weighted by atomic mass is 10.1. The molecular formula is C15H15N3O3S. The number of allylic oxidation sites excluding steroid dienone is 1. The molecule has 1 aliphatic rings. The third-order valence-corrected chi connectivity index (χ3v) is 4.24. The van der Waals surface area contributed by atoms with Crippen molar-refractivity contribution in [2.45, 2.75) is 12.2 Å². The van der Waals surface area contributed by atoms with Gasteiger partial charge in [-0.15, -0.1) is 5.10 Å². The van der Waals surface area contributed by atoms with Crippen LogP contribution in [0.25, 0.3) is 6.08 Å². The van der Waals surface area contributed by atoms with Gasteiger partial charge in [-0.3, -0.25) is 9.59 Å². The molecule has 0 radical (unpaired) electrons. The minimum Gasteiger partial charge on any atom is -0.481 e. The van der Waals surface area contributed by atoms with Crippen LogP contribution in [0.2, 0.25) is 0 Å². The highest BCUT2D eigenvalue weighted by Crippen LogP contribution is 2.26. The first kappa shape index (κ1) is 16.0. The number of carbonyl (C=O) groups is 2. The Balaban J connectivity index is 1.92. The summed E-state index contributed by atoms with van der Waals surface area (Å²) in [7, 11) is 0. The van der Waals surface area contributed by atoms with Crippen LogP contribution < -0.4 is 5.32 Å². The Labute approximate surface area is 132 Å². The van der Waals surface area contributed by atoms with Gasteiger partial charge in [-0.2, -0.15) is 5.10 Å². The highest BCUT2D eigenvalue weighted by atomic mass is 32.2. The van der Waals surface area contributed by atoms with Gasteiger partial charge < -0.3 is 10.4 Å². The van der Waals surface area contributed by atoms with E-state index in [9.17, 15) is 9.59 Å². The van der Waals surface area contributed by atoms with Crippen LogP contribution in [0.4, 0.5) is 0 Å². The van der Waals surface area contributed by atoms with Gasteiger partial charge in [0.1, 0.15) is 5.25 Å². The van der Waals surface area contributed by atoms with Gasteiger partial charge >= 0.3 is 5.97 Å². The maximum Gasteiger partial charge on any atom is 0.307 e. The van der Waals surface area contributed by atoms with Gasteiger partial charge in [-0.25, -0.2) is 0 Å². The molecule has 1 aromatic rings. The van der Waals surface area contributed by atoms with Crippen molar-refractivity contribution in [2.75, 3.05) is 0 Å². The second kappa shape index (κ2) is 7.56. The third-order valence-electron chi connectivity index (χ3n) is 2.96. The summed E-state index contributed by atoms with van der Waals surface area (Å²) in [5.74, 6) is -2.14. The number of aliphatic carboxylic acids is 1. The highest BCUT2D eigenvalue weighted by Gasteiger charge is 2.38. The number of carbonyl (C=O) groups excluding carboxylic acids is 1. The second-order valence-electron chi connectivity index (χ2n) is 4.59. The van der Waals surface area contributed by atoms with E-state index in [2.05, 4.69) is 15.5 Å². The molecule has 1 aromatic carbocycles. The third kappa shape index (κ3) is 4.29. The van der Waals surface area contributed by atoms with Gasteiger partial charge in [-0.1, -0.05) is 55.1 Å². The molecule has 0 spiro atoms. The summed E-state index contributed by atoms with van der Waals surface area (Å²) in [5.41, 5.74) is 1.04. The predicted octanol–water partition coefficient (Wildman–Crippen LogP) is 1.99. The Bertz CT molecular complexity index is 641. The molecule has 2 atom stereocenters. The summed E-state index contributed by atoms with van der Waals surface area (Å²) in [5, 5.41) is 18.8. The van der Waals surface area contributed by atoms with Crippen molar-refractivity contribution in [2.24, 2.45) is 16.1 Å². The zero-order valence-corrected chi connectivity index (χ0v) is 12.7. The summed E-state index contributed by atoms with van der Waals surface area (Å²) in [4.78, 5) is 22.6. The number of hydrogen-bond donors (Lipinski definition) is 2. The normalized spacial score (nSPS) is 21.6. The molecule has 0 aromatic heterocycles. The number of nitrogens with one attached hydrogen (secondary N) is 1. The number of nitrogens with zero attached hydrogens (tertiary/aromatic N) is 2. The smallest absolute Gasteiger partial charge is 0.307 e. The fourth-order valence-electron chi connectivity index (χ4n) is 1.73. The minimum atomic E-state index is -1.01. The highest BCUT2D eigenvalue weighted by molar-refractivity contribution is 8.15. The van der Waals surface area contributed by atoms with Crippen LogP contribution in [-0.2, 0) is 9.59 Å². The van der Waals surface area contributed by atoms with E-state index in [0.717, 1.165) is 17.3 Å². The van der Waals surface area contributed by atoms with Crippen molar-refractivity contribution >= 4 is 41.1 Å². The molecule has 0 saturated carbocycles. The Morgan fingerprint density at radius 3 is 2.82 bits per heavy atom. The zero-order chi connectivity index (χ0) is 15.9. The van der Waals surface area contributed by atoms with E-state index in [0.29, 0.717) is 5.17 Å². The first-order valence-corrected chi connectivity index (χ1v) is 7.49. The topological polar surface area (TPSA) is 91.1 Å². The van der Waals surface area contributed by atoms with E-state index < -0.39 is 17.1 Å². The fraction of sp³-hybridized carbons (Fsp3) is 0.200. The molecule has 114 valence electrons. The maximum absolute atomic E-state index is 11.7. The van der Waals surface area contributed by atoms with E-state index in [4.69, 9.17) is 5.11 Å². The molecule has 22 heavy (non-hydrogen) atoms. The molecule has 1 heterocycles. The molecule has 0 bridgehead atoms. The van der Waals surface area contributed by atoms with Gasteiger partial charge in [0.25, 0.3) is 0 Å². The lowest BCUT2D eigenvalue weighted by Gasteiger charge is -2.08. The Hall–Kier alpha value is -2.41. The fourth-order valence-corrected chi connectivity index (χ4v) is 2.71. The van der Waals surface area contributed by atoms with E-state index in [-0.39, 0.29) is 5.91 Å². The Morgan fingerprint density at radius 1 is 1.41 bits per heavy atom. The van der Waals surface area contributed by atoms with E-state index in [1.165, 1.54) is 13.1 Å². The molecular weight excluding hydrogens is 302 g/mol. The minimum absolute atomic E-state index is 0.312. The summed E-state index contributed by atoms with van der Waals surface area (Å²) < 4.78 is 0. The van der Waals surface area contributed by atoms with Crippen molar-refractivity contribution in [3.8, 4) is 0 Å². The van der Waals surface area contributed by atoms with Gasteiger partial charge in [0.15, 0.2) is 5.17 Å². The molecule has 2 N–H and O–H groups in total. The number of hydrogen-bond acceptors (Lipinski definition) is 5. The van der Waals surface area contributed by atoms with Crippen molar-refractivity contribution in [1.82, 2.24) is 5.32 Å². The zero-order valence-electron chi connectivity index (χ0n) is 11.8. The van der Waals surface area contributed by atoms with Crippen molar-refractivity contribution < 1.29 is 14.7 Å². The molecule has 1 amide bonds. The second-order valence-corrected chi connectivity index (χ2v) is 5.72. The average molecular weight is 317 g/mol. The standard InChI is InChI=1S/C15H15N3O3S/c1-10(14(20)21)12-13(19)17-15(22-12)18-16-9-5-8-11-6-3-2-4-7-11/h2-10,12H,1H3,(H,20,21)(H,17,18,19)/b8-5+,16-9-/t10-,12-/m1/s1. The Kier molecular flexibility index (Phi) is 5.48. The van der Waals surface area contributed by atoms with Crippen LogP contribution in [0.3, 0.4) is 0 Å². The van der Waals surface area contributed by atoms with Crippen LogP contribution in [0, 0.1) is 5.92 Å². The van der Waals surface area contributed by atoms with Crippen molar-refractivity contribution in [3.05, 3.63) is 42.0 Å². The summed E-state index contributed by atoms with van der Waals surface area (Å²) in [6.45, 7) is 1.49. The van der Waals surface area contributed by atoms with Gasteiger partial charge in [0.05, 0.1) is 5.92 Å². The molecule has 1 aliphatic heterocycles. The van der Waals surface area contributed by atoms with Gasteiger partial charge in [-0.05, 0) is 11.6 Å². The lowest BCUT2D eigenvalue weighted by Crippen LogP contribution is -2.32. The monoisotopic (exact) mass is 317 g/mol. The van der Waals surface area contributed by atoms with Crippen molar-refractivity contribution in [3.63, 3.8) is 0 Å². The van der Waals surface area contributed by atoms with E-state index in [1.807, 2.05) is 36.4 Å². The number of amides is 1. The molecule has 0 aliphatic carbocycles. The van der Waals surface area contributed by atoms with Gasteiger partial charge in [0, 0.05) is 6.21 Å². The predicted molar refractivity (Wildman–Crippen MR) is 87.7 cm³/mol. The van der Waals surface area contributed by atoms with Crippen molar-refractivity contribution in [1.29, 1.82) is 0 Å². The molecule has 1 saturated heterocycles. The largest absolute Gasteiger partial charge is 0.481 e. The summed E-state index contributed by atoms with van der Waals surface area (Å²) in [6.07, 6.45) is 5.11. The maximum atomic E-state index is 11.7. The van der Waals surface area contributed by atoms with Crippen LogP contribution in [0.1, 0.15) is 12.5 Å². The molecule has 1 fully saturated rings. The molecule has 2 rings (SSSR count). The summed E-state index contributed by atoms with van der Waals surface area (Å²) in [6, 6.07) is 9.73. The number of rotatable bonds is 5. The number of carboxylic acids is 1. The number of thioether (sulfide) groups is 1. The van der Waals surface area contributed by atoms with Crippen LogP contribution in [0.15, 0.2) is 46.6 Å². The number of amidine groups is 1. The SMILES string of the molecule is C[C@@H](C(=O)O)[C@H]1S\C(=N/N=C\C=C\c2ccccc2)NC1=O. The van der Waals surface area contributed by atoms with E-state index in [1.54, 1.807) is 6.08 Å². The van der Waals surface area contributed by atoms with Crippen LogP contribution in [0.5, 0.6) is 0 Å². The first-order chi connectivity index (χ1) is 10.6. The molecule has 6 nitrogen and oxygen atoms in total.